The maximum Gasteiger partial charge on any atom is 0.342 e. The van der Waals surface area contributed by atoms with Crippen molar-refractivity contribution in [3.63, 3.8) is 0 Å². The fraction of sp³-hybridized carbons (Fsp3) is 0.462. The van der Waals surface area contributed by atoms with Gasteiger partial charge in [0.25, 0.3) is 0 Å². The minimum absolute atomic E-state index is 0.193. The normalized spacial score (nSPS) is 17.1. The van der Waals surface area contributed by atoms with E-state index in [2.05, 4.69) is 5.32 Å². The van der Waals surface area contributed by atoms with Crippen molar-refractivity contribution >= 4 is 17.3 Å². The Morgan fingerprint density at radius 2 is 2.05 bits per heavy atom. The number of nitrogens with zero attached hydrogens (tertiary/aromatic N) is 1. The van der Waals surface area contributed by atoms with Crippen LogP contribution in [0.3, 0.4) is 0 Å². The van der Waals surface area contributed by atoms with Crippen LogP contribution in [0.25, 0.3) is 0 Å². The number of para-hydroxylation sites is 1. The second-order valence-electron chi connectivity index (χ2n) is 5.16. The summed E-state index contributed by atoms with van der Waals surface area (Å²) in [4.78, 5) is 21.6. The van der Waals surface area contributed by atoms with Gasteiger partial charge in [-0.2, -0.15) is 0 Å². The number of nitro groups is 1. The molecule has 0 aliphatic heterocycles. The van der Waals surface area contributed by atoms with Crippen LogP contribution in [0, 0.1) is 10.1 Å². The number of carboxylic acid groups (broad SMARTS) is 1. The summed E-state index contributed by atoms with van der Waals surface area (Å²) in [7, 11) is 0. The molecule has 19 heavy (non-hydrogen) atoms. The second-order valence-corrected chi connectivity index (χ2v) is 5.16. The fourth-order valence-corrected chi connectivity index (χ4v) is 2.62. The van der Waals surface area contributed by atoms with Gasteiger partial charge in [-0.05, 0) is 31.9 Å². The Labute approximate surface area is 110 Å². The predicted molar refractivity (Wildman–Crippen MR) is 70.6 cm³/mol. The molecule has 2 N–H and O–H groups in total. The summed E-state index contributed by atoms with van der Waals surface area (Å²) in [5.74, 6) is -1.29. The van der Waals surface area contributed by atoms with Crippen molar-refractivity contribution in [3.8, 4) is 0 Å². The summed E-state index contributed by atoms with van der Waals surface area (Å²) in [5, 5.41) is 23.3. The third kappa shape index (κ3) is 2.67. The first-order valence-electron chi connectivity index (χ1n) is 6.22. The van der Waals surface area contributed by atoms with Gasteiger partial charge in [0.1, 0.15) is 11.3 Å². The summed E-state index contributed by atoms with van der Waals surface area (Å²) in [6.45, 7) is 2.01. The minimum atomic E-state index is -1.29. The van der Waals surface area contributed by atoms with E-state index in [1.165, 1.54) is 12.1 Å². The smallest absolute Gasteiger partial charge is 0.342 e. The number of aromatic carboxylic acids is 1. The number of nitrogens with one attached hydrogen (secondary N) is 1. The molecule has 1 aliphatic rings. The number of hydrogen-bond donors (Lipinski definition) is 2. The van der Waals surface area contributed by atoms with E-state index >= 15 is 0 Å². The maximum atomic E-state index is 11.1. The molecule has 0 amide bonds. The molecule has 1 saturated carbocycles. The van der Waals surface area contributed by atoms with Crippen LogP contribution in [0.4, 0.5) is 11.4 Å². The standard InChI is InChI=1S/C13H16N2O4/c1-13(7-2-3-8-13)14-10-6-4-5-9(12(16)17)11(10)15(18)19/h4-6,14H,2-3,7-8H2,1H3,(H,16,17). The molecule has 6 heteroatoms. The molecular formula is C13H16N2O4. The Kier molecular flexibility index (Phi) is 3.42. The van der Waals surface area contributed by atoms with Crippen LogP contribution >= 0.6 is 0 Å². The molecule has 0 radical (unpaired) electrons. The van der Waals surface area contributed by atoms with Gasteiger partial charge in [0, 0.05) is 5.54 Å². The molecule has 1 aromatic carbocycles. The van der Waals surface area contributed by atoms with Gasteiger partial charge in [-0.25, -0.2) is 4.79 Å². The van der Waals surface area contributed by atoms with Gasteiger partial charge in [0.2, 0.25) is 0 Å². The van der Waals surface area contributed by atoms with Crippen LogP contribution in [0.15, 0.2) is 18.2 Å². The van der Waals surface area contributed by atoms with Gasteiger partial charge in [0.15, 0.2) is 0 Å². The van der Waals surface area contributed by atoms with E-state index in [1.807, 2.05) is 6.92 Å². The van der Waals surface area contributed by atoms with E-state index in [1.54, 1.807) is 6.07 Å². The molecule has 0 atom stereocenters. The number of nitro benzene ring substituents is 1. The Balaban J connectivity index is 2.42. The van der Waals surface area contributed by atoms with E-state index in [9.17, 15) is 14.9 Å². The van der Waals surface area contributed by atoms with Gasteiger partial charge in [-0.3, -0.25) is 10.1 Å². The zero-order chi connectivity index (χ0) is 14.0. The van der Waals surface area contributed by atoms with Crippen molar-refractivity contribution in [2.45, 2.75) is 38.1 Å². The van der Waals surface area contributed by atoms with Crippen molar-refractivity contribution in [2.75, 3.05) is 5.32 Å². The van der Waals surface area contributed by atoms with Crippen molar-refractivity contribution in [1.29, 1.82) is 0 Å². The summed E-state index contributed by atoms with van der Waals surface area (Å²) in [6, 6.07) is 4.34. The molecule has 1 aliphatic carbocycles. The largest absolute Gasteiger partial charge is 0.477 e. The third-order valence-electron chi connectivity index (χ3n) is 3.59. The summed E-state index contributed by atoms with van der Waals surface area (Å²) < 4.78 is 0. The highest BCUT2D eigenvalue weighted by molar-refractivity contribution is 5.95. The van der Waals surface area contributed by atoms with Gasteiger partial charge < -0.3 is 10.4 Å². The Morgan fingerprint density at radius 3 is 2.58 bits per heavy atom. The average Bonchev–Trinajstić information content (AvgIpc) is 2.75. The summed E-state index contributed by atoms with van der Waals surface area (Å²) >= 11 is 0. The molecule has 0 unspecified atom stereocenters. The molecule has 0 heterocycles. The van der Waals surface area contributed by atoms with Gasteiger partial charge in [0.05, 0.1) is 4.92 Å². The average molecular weight is 264 g/mol. The molecule has 0 bridgehead atoms. The Hall–Kier alpha value is -2.11. The van der Waals surface area contributed by atoms with Crippen LogP contribution in [0.2, 0.25) is 0 Å². The van der Waals surface area contributed by atoms with Gasteiger partial charge >= 0.3 is 11.7 Å². The molecule has 2 rings (SSSR count). The molecule has 0 aromatic heterocycles. The Morgan fingerprint density at radius 1 is 1.42 bits per heavy atom. The fourth-order valence-electron chi connectivity index (χ4n) is 2.62. The lowest BCUT2D eigenvalue weighted by molar-refractivity contribution is -0.384. The lowest BCUT2D eigenvalue weighted by Crippen LogP contribution is -2.31. The molecular weight excluding hydrogens is 248 g/mol. The van der Waals surface area contributed by atoms with Crippen molar-refractivity contribution < 1.29 is 14.8 Å². The summed E-state index contributed by atoms with van der Waals surface area (Å²) in [5.41, 5.74) is -0.545. The number of hydrogen-bond acceptors (Lipinski definition) is 4. The van der Waals surface area contributed by atoms with Crippen LogP contribution in [-0.2, 0) is 0 Å². The first-order valence-corrected chi connectivity index (χ1v) is 6.22. The molecule has 0 saturated heterocycles. The van der Waals surface area contributed by atoms with Crippen molar-refractivity contribution in [3.05, 3.63) is 33.9 Å². The highest BCUT2D eigenvalue weighted by atomic mass is 16.6. The summed E-state index contributed by atoms with van der Waals surface area (Å²) in [6.07, 6.45) is 4.02. The van der Waals surface area contributed by atoms with E-state index in [0.29, 0.717) is 0 Å². The zero-order valence-corrected chi connectivity index (χ0v) is 10.7. The van der Waals surface area contributed by atoms with E-state index in [-0.39, 0.29) is 22.5 Å². The lowest BCUT2D eigenvalue weighted by atomic mass is 9.99. The van der Waals surface area contributed by atoms with E-state index < -0.39 is 10.9 Å². The van der Waals surface area contributed by atoms with Gasteiger partial charge in [-0.1, -0.05) is 18.9 Å². The molecule has 6 nitrogen and oxygen atoms in total. The first kappa shape index (κ1) is 13.3. The van der Waals surface area contributed by atoms with E-state index in [0.717, 1.165) is 25.7 Å². The SMILES string of the molecule is CC1(Nc2cccc(C(=O)O)c2[N+](=O)[O-])CCCC1. The highest BCUT2D eigenvalue weighted by Gasteiger charge is 2.32. The second kappa shape index (κ2) is 4.87. The van der Waals surface area contributed by atoms with Gasteiger partial charge in [-0.15, -0.1) is 0 Å². The van der Waals surface area contributed by atoms with Crippen molar-refractivity contribution in [2.24, 2.45) is 0 Å². The number of carbonyl (C=O) groups is 1. The lowest BCUT2D eigenvalue weighted by Gasteiger charge is -2.26. The first-order chi connectivity index (χ1) is 8.93. The van der Waals surface area contributed by atoms with Crippen LogP contribution < -0.4 is 5.32 Å². The molecule has 1 fully saturated rings. The van der Waals surface area contributed by atoms with Crippen LogP contribution in [-0.4, -0.2) is 21.5 Å². The minimum Gasteiger partial charge on any atom is -0.477 e. The molecule has 102 valence electrons. The molecule has 0 spiro atoms. The zero-order valence-electron chi connectivity index (χ0n) is 10.7. The maximum absolute atomic E-state index is 11.1. The number of benzene rings is 1. The quantitative estimate of drug-likeness (QED) is 0.644. The van der Waals surface area contributed by atoms with Crippen LogP contribution in [0.5, 0.6) is 0 Å². The van der Waals surface area contributed by atoms with Crippen molar-refractivity contribution in [1.82, 2.24) is 0 Å². The van der Waals surface area contributed by atoms with Crippen LogP contribution in [0.1, 0.15) is 43.0 Å². The third-order valence-corrected chi connectivity index (χ3v) is 3.59. The topological polar surface area (TPSA) is 92.5 Å². The number of anilines is 1. The number of carboxylic acids is 1. The highest BCUT2D eigenvalue weighted by Crippen LogP contribution is 2.37. The predicted octanol–water partition coefficient (Wildman–Crippen LogP) is 3.04. The number of rotatable bonds is 4. The molecule has 1 aromatic rings. The Bertz CT molecular complexity index is 521. The van der Waals surface area contributed by atoms with E-state index in [4.69, 9.17) is 5.11 Å². The monoisotopic (exact) mass is 264 g/mol.